The first-order chi connectivity index (χ1) is 6.87. The molecule has 0 saturated heterocycles. The fourth-order valence-electron chi connectivity index (χ4n) is 0.804. The normalized spacial score (nSPS) is 10.9. The van der Waals surface area contributed by atoms with Crippen LogP contribution in [0.4, 0.5) is 10.7 Å². The topological polar surface area (TPSA) is 84.3 Å². The van der Waals surface area contributed by atoms with Crippen molar-refractivity contribution in [3.05, 3.63) is 12.3 Å². The quantitative estimate of drug-likeness (QED) is 0.735. The summed E-state index contributed by atoms with van der Waals surface area (Å²) in [6.45, 7) is 5.24. The number of amides is 1. The summed E-state index contributed by atoms with van der Waals surface area (Å²) < 4.78 is 4.97. The lowest BCUT2D eigenvalue weighted by Crippen LogP contribution is -2.27. The second-order valence-electron chi connectivity index (χ2n) is 3.87. The Morgan fingerprint density at radius 3 is 2.73 bits per heavy atom. The monoisotopic (exact) mass is 211 g/mol. The predicted molar refractivity (Wildman–Crippen MR) is 53.6 cm³/mol. The number of carbonyl (C=O) groups is 1. The minimum atomic E-state index is -0.659. The summed E-state index contributed by atoms with van der Waals surface area (Å²) in [5.74, 6) is -0.208. The molecule has 1 rings (SSSR count). The van der Waals surface area contributed by atoms with Crippen LogP contribution in [0.15, 0.2) is 12.3 Å². The third kappa shape index (κ3) is 4.26. The van der Waals surface area contributed by atoms with Crippen molar-refractivity contribution in [1.29, 1.82) is 0 Å². The number of nitrogens with zero attached hydrogens (tertiary/aromatic N) is 2. The second kappa shape index (κ2) is 4.12. The summed E-state index contributed by atoms with van der Waals surface area (Å²) in [7, 11) is 0. The average Bonchev–Trinajstić information content (AvgIpc) is 1.99. The van der Waals surface area contributed by atoms with E-state index in [0.717, 1.165) is 0 Å². The Labute approximate surface area is 87.3 Å². The highest BCUT2D eigenvalue weighted by molar-refractivity contribution is 5.82. The smallest absolute Gasteiger partial charge is 0.414 e. The van der Waals surface area contributed by atoms with E-state index in [1.807, 2.05) is 0 Å². The Morgan fingerprint density at radius 2 is 2.20 bits per heavy atom. The maximum Gasteiger partial charge on any atom is 0.414 e. The zero-order chi connectivity index (χ0) is 11.5. The zero-order valence-electron chi connectivity index (χ0n) is 8.81. The van der Waals surface area contributed by atoms with E-state index in [0.29, 0.717) is 0 Å². The number of rotatable bonds is 1. The summed E-state index contributed by atoms with van der Waals surface area (Å²) in [5.41, 5.74) is -0.582. The van der Waals surface area contributed by atoms with Crippen LogP contribution in [0.3, 0.4) is 0 Å². The minimum absolute atomic E-state index is 0.00394. The van der Waals surface area contributed by atoms with Crippen molar-refractivity contribution in [2.75, 3.05) is 5.32 Å². The second-order valence-corrected chi connectivity index (χ2v) is 3.87. The summed E-state index contributed by atoms with van der Waals surface area (Å²) in [5, 5.41) is 11.3. The van der Waals surface area contributed by atoms with Crippen molar-refractivity contribution in [3.63, 3.8) is 0 Å². The van der Waals surface area contributed by atoms with E-state index in [4.69, 9.17) is 9.84 Å². The van der Waals surface area contributed by atoms with Gasteiger partial charge in [0, 0.05) is 12.3 Å². The number of aromatic nitrogens is 2. The molecule has 0 atom stereocenters. The van der Waals surface area contributed by atoms with E-state index in [1.165, 1.54) is 12.3 Å². The minimum Gasteiger partial charge on any atom is -0.493 e. The molecule has 1 aromatic heterocycles. The molecule has 0 radical (unpaired) electrons. The van der Waals surface area contributed by atoms with Crippen LogP contribution >= 0.6 is 0 Å². The fraction of sp³-hybridized carbons (Fsp3) is 0.444. The molecule has 6 nitrogen and oxygen atoms in total. The van der Waals surface area contributed by atoms with Crippen LogP contribution in [0, 0.1) is 0 Å². The van der Waals surface area contributed by atoms with E-state index < -0.39 is 11.7 Å². The maximum absolute atomic E-state index is 11.2. The standard InChI is InChI=1S/C9H13N3O3/c1-9(2,3)15-8(14)12-7-10-5-4-6(13)11-7/h4-5H,1-3H3,(H2,10,11,12,13,14). The van der Waals surface area contributed by atoms with Crippen LogP contribution in [-0.2, 0) is 4.74 Å². The van der Waals surface area contributed by atoms with Crippen LogP contribution in [-0.4, -0.2) is 26.8 Å². The van der Waals surface area contributed by atoms with Gasteiger partial charge in [-0.05, 0) is 20.8 Å². The molecule has 1 aromatic rings. The first kappa shape index (κ1) is 11.2. The van der Waals surface area contributed by atoms with Crippen LogP contribution in [0.25, 0.3) is 0 Å². The molecule has 0 spiro atoms. The Morgan fingerprint density at radius 1 is 1.53 bits per heavy atom. The van der Waals surface area contributed by atoms with E-state index in [9.17, 15) is 4.79 Å². The number of aromatic hydroxyl groups is 1. The van der Waals surface area contributed by atoms with E-state index in [2.05, 4.69) is 15.3 Å². The Balaban J connectivity index is 2.59. The summed E-state index contributed by atoms with van der Waals surface area (Å²) in [6, 6.07) is 1.31. The van der Waals surface area contributed by atoms with Crippen molar-refractivity contribution in [3.8, 4) is 5.88 Å². The molecule has 0 aliphatic carbocycles. The van der Waals surface area contributed by atoms with Gasteiger partial charge < -0.3 is 9.84 Å². The number of ether oxygens (including phenoxy) is 1. The molecule has 15 heavy (non-hydrogen) atoms. The van der Waals surface area contributed by atoms with Crippen molar-refractivity contribution < 1.29 is 14.6 Å². The van der Waals surface area contributed by atoms with Gasteiger partial charge in [-0.15, -0.1) is 0 Å². The molecule has 6 heteroatoms. The summed E-state index contributed by atoms with van der Waals surface area (Å²) >= 11 is 0. The number of hydrogen-bond acceptors (Lipinski definition) is 5. The van der Waals surface area contributed by atoms with Gasteiger partial charge in [-0.25, -0.2) is 9.78 Å². The largest absolute Gasteiger partial charge is 0.493 e. The third-order valence-electron chi connectivity index (χ3n) is 1.25. The van der Waals surface area contributed by atoms with E-state index >= 15 is 0 Å². The average molecular weight is 211 g/mol. The van der Waals surface area contributed by atoms with Crippen LogP contribution in [0.5, 0.6) is 5.88 Å². The number of carbonyl (C=O) groups excluding carboxylic acids is 1. The molecular formula is C9H13N3O3. The van der Waals surface area contributed by atoms with Crippen LogP contribution in [0.1, 0.15) is 20.8 Å². The highest BCUT2D eigenvalue weighted by Crippen LogP contribution is 2.10. The third-order valence-corrected chi connectivity index (χ3v) is 1.25. The number of hydrogen-bond donors (Lipinski definition) is 2. The summed E-state index contributed by atoms with van der Waals surface area (Å²) in [6.07, 6.45) is 0.669. The molecule has 1 heterocycles. The molecule has 0 bridgehead atoms. The molecule has 0 fully saturated rings. The predicted octanol–water partition coefficient (Wildman–Crippen LogP) is 1.53. The zero-order valence-corrected chi connectivity index (χ0v) is 8.81. The van der Waals surface area contributed by atoms with Crippen LogP contribution < -0.4 is 5.32 Å². The number of nitrogens with one attached hydrogen (secondary N) is 1. The molecule has 0 aromatic carbocycles. The first-order valence-corrected chi connectivity index (χ1v) is 4.39. The van der Waals surface area contributed by atoms with Crippen molar-refractivity contribution in [1.82, 2.24) is 9.97 Å². The lowest BCUT2D eigenvalue weighted by atomic mass is 10.2. The fourth-order valence-corrected chi connectivity index (χ4v) is 0.804. The molecule has 0 aliphatic heterocycles. The van der Waals surface area contributed by atoms with Crippen molar-refractivity contribution in [2.45, 2.75) is 26.4 Å². The van der Waals surface area contributed by atoms with Gasteiger partial charge in [-0.1, -0.05) is 0 Å². The molecule has 1 amide bonds. The van der Waals surface area contributed by atoms with Crippen LogP contribution in [0.2, 0.25) is 0 Å². The molecule has 0 unspecified atom stereocenters. The van der Waals surface area contributed by atoms with Crippen molar-refractivity contribution in [2.24, 2.45) is 0 Å². The molecule has 82 valence electrons. The van der Waals surface area contributed by atoms with Gasteiger partial charge in [-0.3, -0.25) is 5.32 Å². The van der Waals surface area contributed by atoms with Gasteiger partial charge in [-0.2, -0.15) is 4.98 Å². The van der Waals surface area contributed by atoms with E-state index in [1.54, 1.807) is 20.8 Å². The van der Waals surface area contributed by atoms with Gasteiger partial charge in [0.05, 0.1) is 0 Å². The van der Waals surface area contributed by atoms with Crippen molar-refractivity contribution >= 4 is 12.0 Å². The highest BCUT2D eigenvalue weighted by atomic mass is 16.6. The molecule has 0 aliphatic rings. The van der Waals surface area contributed by atoms with Gasteiger partial charge in [0.2, 0.25) is 11.8 Å². The van der Waals surface area contributed by atoms with Gasteiger partial charge in [0.25, 0.3) is 0 Å². The molecule has 0 saturated carbocycles. The maximum atomic E-state index is 11.2. The lowest BCUT2D eigenvalue weighted by molar-refractivity contribution is 0.0634. The first-order valence-electron chi connectivity index (χ1n) is 4.39. The van der Waals surface area contributed by atoms with E-state index in [-0.39, 0.29) is 11.8 Å². The summed E-state index contributed by atoms with van der Waals surface area (Å²) in [4.78, 5) is 18.5. The Bertz CT molecular complexity index is 360. The Kier molecular flexibility index (Phi) is 3.08. The highest BCUT2D eigenvalue weighted by Gasteiger charge is 2.16. The van der Waals surface area contributed by atoms with Gasteiger partial charge in [0.1, 0.15) is 5.60 Å². The SMILES string of the molecule is CC(C)(C)OC(=O)Nc1nccc(O)n1. The molecule has 2 N–H and O–H groups in total. The lowest BCUT2D eigenvalue weighted by Gasteiger charge is -2.19. The molecular weight excluding hydrogens is 198 g/mol. The van der Waals surface area contributed by atoms with Gasteiger partial charge in [0.15, 0.2) is 0 Å². The van der Waals surface area contributed by atoms with Gasteiger partial charge >= 0.3 is 6.09 Å². The number of anilines is 1. The Hall–Kier alpha value is -1.85.